The molecule has 1 aromatic rings. The van der Waals surface area contributed by atoms with Crippen LogP contribution in [-0.4, -0.2) is 17.8 Å². The lowest BCUT2D eigenvalue weighted by atomic mass is 9.98. The zero-order valence-electron chi connectivity index (χ0n) is 11.1. The molecule has 19 heavy (non-hydrogen) atoms. The molecule has 2 unspecified atom stereocenters. The van der Waals surface area contributed by atoms with Crippen LogP contribution < -0.4 is 5.32 Å². The van der Waals surface area contributed by atoms with Gasteiger partial charge in [-0.15, -0.1) is 0 Å². The van der Waals surface area contributed by atoms with Crippen LogP contribution in [0.3, 0.4) is 0 Å². The monoisotopic (exact) mass is 387 g/mol. The summed E-state index contributed by atoms with van der Waals surface area (Å²) >= 11 is 7.01. The Labute approximate surface area is 131 Å². The molecule has 0 aliphatic heterocycles. The van der Waals surface area contributed by atoms with Crippen molar-refractivity contribution in [3.8, 4) is 0 Å². The maximum Gasteiger partial charge on any atom is 0.252 e. The molecule has 2 nitrogen and oxygen atoms in total. The van der Waals surface area contributed by atoms with Crippen LogP contribution in [0.25, 0.3) is 0 Å². The molecule has 1 aliphatic rings. The van der Waals surface area contributed by atoms with E-state index in [4.69, 9.17) is 0 Å². The topological polar surface area (TPSA) is 29.1 Å². The highest BCUT2D eigenvalue weighted by molar-refractivity contribution is 9.10. The highest BCUT2D eigenvalue weighted by Crippen LogP contribution is 2.32. The fourth-order valence-corrected chi connectivity index (χ4v) is 4.00. The largest absolute Gasteiger partial charge is 0.352 e. The molecule has 0 saturated heterocycles. The standard InChI is InChI=1S/C15H19Br2NO/c1-10-5-6-14(17)13(7-10)15(19)18-9-12-4-2-3-11(12)8-16/h5-7,11-12H,2-4,8-9H2,1H3,(H,18,19). The summed E-state index contributed by atoms with van der Waals surface area (Å²) in [6.07, 6.45) is 3.79. The van der Waals surface area contributed by atoms with Crippen LogP contribution in [-0.2, 0) is 0 Å². The minimum absolute atomic E-state index is 0.0239. The van der Waals surface area contributed by atoms with Crippen LogP contribution in [0.5, 0.6) is 0 Å². The van der Waals surface area contributed by atoms with Crippen LogP contribution in [0.2, 0.25) is 0 Å². The number of halogens is 2. The molecule has 2 atom stereocenters. The lowest BCUT2D eigenvalue weighted by Gasteiger charge is -2.18. The second-order valence-electron chi connectivity index (χ2n) is 5.30. The molecule has 1 amide bonds. The third-order valence-electron chi connectivity index (χ3n) is 3.91. The molecule has 1 aromatic carbocycles. The van der Waals surface area contributed by atoms with Crippen molar-refractivity contribution in [1.82, 2.24) is 5.32 Å². The van der Waals surface area contributed by atoms with Crippen molar-refractivity contribution >= 4 is 37.8 Å². The molecule has 1 N–H and O–H groups in total. The van der Waals surface area contributed by atoms with Crippen molar-refractivity contribution in [2.45, 2.75) is 26.2 Å². The Morgan fingerprint density at radius 3 is 2.84 bits per heavy atom. The van der Waals surface area contributed by atoms with Gasteiger partial charge in [0.15, 0.2) is 0 Å². The van der Waals surface area contributed by atoms with Gasteiger partial charge in [0.1, 0.15) is 0 Å². The van der Waals surface area contributed by atoms with Gasteiger partial charge in [-0.3, -0.25) is 4.79 Å². The van der Waals surface area contributed by atoms with Crippen molar-refractivity contribution in [2.24, 2.45) is 11.8 Å². The van der Waals surface area contributed by atoms with E-state index < -0.39 is 0 Å². The molecule has 4 heteroatoms. The van der Waals surface area contributed by atoms with Crippen molar-refractivity contribution in [1.29, 1.82) is 0 Å². The Kier molecular flexibility index (Phi) is 5.46. The number of nitrogens with one attached hydrogen (secondary N) is 1. The van der Waals surface area contributed by atoms with Gasteiger partial charge in [-0.25, -0.2) is 0 Å². The fraction of sp³-hybridized carbons (Fsp3) is 0.533. The van der Waals surface area contributed by atoms with E-state index in [-0.39, 0.29) is 5.91 Å². The van der Waals surface area contributed by atoms with Gasteiger partial charge in [0.2, 0.25) is 0 Å². The maximum absolute atomic E-state index is 12.2. The van der Waals surface area contributed by atoms with Crippen LogP contribution in [0, 0.1) is 18.8 Å². The lowest BCUT2D eigenvalue weighted by molar-refractivity contribution is 0.0944. The second-order valence-corrected chi connectivity index (χ2v) is 6.80. The number of carbonyl (C=O) groups is 1. The molecular formula is C15H19Br2NO. The summed E-state index contributed by atoms with van der Waals surface area (Å²) in [6.45, 7) is 2.79. The summed E-state index contributed by atoms with van der Waals surface area (Å²) in [5.74, 6) is 1.35. The molecular weight excluding hydrogens is 370 g/mol. The fourth-order valence-electron chi connectivity index (χ4n) is 2.72. The van der Waals surface area contributed by atoms with E-state index in [9.17, 15) is 4.79 Å². The summed E-state index contributed by atoms with van der Waals surface area (Å²) in [5, 5.41) is 4.13. The van der Waals surface area contributed by atoms with Crippen molar-refractivity contribution in [3.63, 3.8) is 0 Å². The van der Waals surface area contributed by atoms with Crippen molar-refractivity contribution in [3.05, 3.63) is 33.8 Å². The second kappa shape index (κ2) is 6.89. The van der Waals surface area contributed by atoms with Gasteiger partial charge >= 0.3 is 0 Å². The first-order valence-corrected chi connectivity index (χ1v) is 8.63. The maximum atomic E-state index is 12.2. The number of aryl methyl sites for hydroxylation is 1. The number of benzene rings is 1. The quantitative estimate of drug-likeness (QED) is 0.765. The molecule has 0 bridgehead atoms. The molecule has 0 heterocycles. The van der Waals surface area contributed by atoms with E-state index in [0.29, 0.717) is 11.8 Å². The number of amides is 1. The Balaban J connectivity index is 1.96. The summed E-state index contributed by atoms with van der Waals surface area (Å²) < 4.78 is 0.860. The Bertz CT molecular complexity index is 461. The van der Waals surface area contributed by atoms with Gasteiger partial charge in [-0.05, 0) is 59.7 Å². The van der Waals surface area contributed by atoms with Gasteiger partial charge in [0, 0.05) is 16.3 Å². The normalized spacial score (nSPS) is 22.5. The van der Waals surface area contributed by atoms with Gasteiger partial charge in [-0.1, -0.05) is 34.0 Å². The smallest absolute Gasteiger partial charge is 0.252 e. The molecule has 0 radical (unpaired) electrons. The minimum Gasteiger partial charge on any atom is -0.352 e. The zero-order valence-corrected chi connectivity index (χ0v) is 14.3. The van der Waals surface area contributed by atoms with Gasteiger partial charge in [-0.2, -0.15) is 0 Å². The SMILES string of the molecule is Cc1ccc(Br)c(C(=O)NCC2CCCC2CBr)c1. The number of carbonyl (C=O) groups excluding carboxylic acids is 1. The molecule has 1 aliphatic carbocycles. The van der Waals surface area contributed by atoms with Gasteiger partial charge in [0.25, 0.3) is 5.91 Å². The summed E-state index contributed by atoms with van der Waals surface area (Å²) in [7, 11) is 0. The van der Waals surface area contributed by atoms with E-state index in [1.165, 1.54) is 19.3 Å². The van der Waals surface area contributed by atoms with E-state index in [2.05, 4.69) is 37.2 Å². The van der Waals surface area contributed by atoms with E-state index in [0.717, 1.165) is 27.5 Å². The van der Waals surface area contributed by atoms with Crippen molar-refractivity contribution < 1.29 is 4.79 Å². The number of hydrogen-bond donors (Lipinski definition) is 1. The van der Waals surface area contributed by atoms with Crippen LogP contribution in [0.4, 0.5) is 0 Å². The van der Waals surface area contributed by atoms with E-state index >= 15 is 0 Å². The van der Waals surface area contributed by atoms with Crippen LogP contribution in [0.15, 0.2) is 22.7 Å². The van der Waals surface area contributed by atoms with E-state index in [1.54, 1.807) is 0 Å². The average Bonchev–Trinajstić information content (AvgIpc) is 2.86. The number of hydrogen-bond acceptors (Lipinski definition) is 1. The first kappa shape index (κ1) is 15.0. The first-order valence-electron chi connectivity index (χ1n) is 6.72. The lowest BCUT2D eigenvalue weighted by Crippen LogP contribution is -2.31. The Hall–Kier alpha value is -0.350. The predicted molar refractivity (Wildman–Crippen MR) is 85.8 cm³/mol. The summed E-state index contributed by atoms with van der Waals surface area (Å²) in [4.78, 5) is 12.2. The Morgan fingerprint density at radius 1 is 1.37 bits per heavy atom. The molecule has 1 saturated carbocycles. The third-order valence-corrected chi connectivity index (χ3v) is 5.43. The molecule has 0 spiro atoms. The Morgan fingerprint density at radius 2 is 2.11 bits per heavy atom. The molecule has 0 aromatic heterocycles. The third kappa shape index (κ3) is 3.82. The minimum atomic E-state index is 0.0239. The van der Waals surface area contributed by atoms with Gasteiger partial charge < -0.3 is 5.32 Å². The highest BCUT2D eigenvalue weighted by Gasteiger charge is 2.26. The number of rotatable bonds is 4. The predicted octanol–water partition coefficient (Wildman–Crippen LogP) is 4.30. The van der Waals surface area contributed by atoms with E-state index in [1.807, 2.05) is 25.1 Å². The summed E-state index contributed by atoms with van der Waals surface area (Å²) in [6, 6.07) is 5.86. The average molecular weight is 389 g/mol. The first-order chi connectivity index (χ1) is 9.11. The molecule has 104 valence electrons. The molecule has 1 fully saturated rings. The summed E-state index contributed by atoms with van der Waals surface area (Å²) in [5.41, 5.74) is 1.83. The zero-order chi connectivity index (χ0) is 13.8. The van der Waals surface area contributed by atoms with Crippen LogP contribution >= 0.6 is 31.9 Å². The van der Waals surface area contributed by atoms with Gasteiger partial charge in [0.05, 0.1) is 5.56 Å². The van der Waals surface area contributed by atoms with Crippen LogP contribution in [0.1, 0.15) is 35.2 Å². The molecule has 2 rings (SSSR count). The highest BCUT2D eigenvalue weighted by atomic mass is 79.9. The number of alkyl halides is 1. The van der Waals surface area contributed by atoms with Crippen molar-refractivity contribution in [2.75, 3.05) is 11.9 Å².